The number of rotatable bonds is 4. The normalized spacial score (nSPS) is 19.9. The van der Waals surface area contributed by atoms with Crippen LogP contribution in [0.15, 0.2) is 76.0 Å². The molecule has 0 N–H and O–H groups in total. The van der Waals surface area contributed by atoms with Crippen molar-refractivity contribution in [2.75, 3.05) is 0 Å². The highest BCUT2D eigenvalue weighted by atomic mass is 35.5. The van der Waals surface area contributed by atoms with Crippen LogP contribution in [0.3, 0.4) is 0 Å². The van der Waals surface area contributed by atoms with E-state index in [4.69, 9.17) is 16.6 Å². The topological polar surface area (TPSA) is 12.4 Å². The molecule has 0 bridgehead atoms. The summed E-state index contributed by atoms with van der Waals surface area (Å²) in [6.45, 7) is 2.17. The predicted octanol–water partition coefficient (Wildman–Crippen LogP) is 7.33. The molecule has 2 aliphatic rings. The molecule has 138 valence electrons. The summed E-state index contributed by atoms with van der Waals surface area (Å²) in [5.41, 5.74) is 6.31. The van der Waals surface area contributed by atoms with E-state index in [1.807, 2.05) is 6.08 Å². The van der Waals surface area contributed by atoms with Crippen LogP contribution in [0, 0.1) is 0 Å². The van der Waals surface area contributed by atoms with Crippen molar-refractivity contribution in [2.45, 2.75) is 45.1 Å². The van der Waals surface area contributed by atoms with Crippen molar-refractivity contribution in [3.63, 3.8) is 0 Å². The van der Waals surface area contributed by atoms with Crippen LogP contribution in [0.5, 0.6) is 0 Å². The molecule has 1 heterocycles. The van der Waals surface area contributed by atoms with Crippen molar-refractivity contribution in [1.82, 2.24) is 0 Å². The second-order valence-corrected chi connectivity index (χ2v) is 7.58. The summed E-state index contributed by atoms with van der Waals surface area (Å²) in [4.78, 5) is 4.80. The van der Waals surface area contributed by atoms with Gasteiger partial charge in [-0.05, 0) is 47.9 Å². The molecule has 0 aromatic heterocycles. The first-order valence-electron chi connectivity index (χ1n) is 9.66. The zero-order valence-corrected chi connectivity index (χ0v) is 16.3. The van der Waals surface area contributed by atoms with E-state index in [-0.39, 0.29) is 11.9 Å². The Labute approximate surface area is 165 Å². The number of aryl methyl sites for hydroxylation is 1. The molecule has 0 radical (unpaired) electrons. The van der Waals surface area contributed by atoms with Crippen molar-refractivity contribution in [3.05, 3.63) is 82.2 Å². The van der Waals surface area contributed by atoms with Gasteiger partial charge in [-0.2, -0.15) is 0 Å². The molecule has 0 fully saturated rings. The Morgan fingerprint density at radius 1 is 1.00 bits per heavy atom. The summed E-state index contributed by atoms with van der Waals surface area (Å²) >= 11 is 6.24. The van der Waals surface area contributed by atoms with Crippen LogP contribution in [0.1, 0.15) is 49.8 Å². The first-order chi connectivity index (χ1) is 13.2. The van der Waals surface area contributed by atoms with Crippen LogP contribution in [0.2, 0.25) is 0 Å². The van der Waals surface area contributed by atoms with E-state index in [2.05, 4.69) is 55.5 Å². The maximum absolute atomic E-state index is 14.2. The minimum Gasteiger partial charge on any atom is -0.281 e. The quantitative estimate of drug-likeness (QED) is 0.527. The van der Waals surface area contributed by atoms with Crippen molar-refractivity contribution >= 4 is 17.3 Å². The summed E-state index contributed by atoms with van der Waals surface area (Å²) in [5.74, 6) is -0.118. The number of nitrogens with zero attached hydrogens (tertiary/aromatic N) is 1. The number of aliphatic imine (C=N–C) groups is 1. The van der Waals surface area contributed by atoms with Gasteiger partial charge in [-0.1, -0.05) is 73.1 Å². The zero-order chi connectivity index (χ0) is 18.8. The first kappa shape index (κ1) is 18.2. The Bertz CT molecular complexity index is 920. The number of benzene rings is 2. The molecule has 0 unspecified atom stereocenters. The van der Waals surface area contributed by atoms with E-state index < -0.39 is 0 Å². The molecule has 3 heteroatoms. The third-order valence-corrected chi connectivity index (χ3v) is 5.79. The molecule has 27 heavy (non-hydrogen) atoms. The Kier molecular flexibility index (Phi) is 5.27. The van der Waals surface area contributed by atoms with Gasteiger partial charge in [0.15, 0.2) is 0 Å². The Morgan fingerprint density at radius 3 is 2.30 bits per heavy atom. The lowest BCUT2D eigenvalue weighted by molar-refractivity contribution is 0.582. The maximum atomic E-state index is 14.2. The summed E-state index contributed by atoms with van der Waals surface area (Å²) in [6.07, 6.45) is 5.73. The lowest BCUT2D eigenvalue weighted by atomic mass is 9.97. The predicted molar refractivity (Wildman–Crippen MR) is 112 cm³/mol. The Hall–Kier alpha value is -2.19. The Balaban J connectivity index is 1.54. The summed E-state index contributed by atoms with van der Waals surface area (Å²) < 4.78 is 14.2. The van der Waals surface area contributed by atoms with Gasteiger partial charge in [-0.25, -0.2) is 4.39 Å². The molecule has 0 saturated carbocycles. The fraction of sp³-hybridized carbons (Fsp3) is 0.292. The van der Waals surface area contributed by atoms with Gasteiger partial charge in [-0.15, -0.1) is 0 Å². The number of hydrogen-bond donors (Lipinski definition) is 0. The van der Waals surface area contributed by atoms with E-state index >= 15 is 0 Å². The van der Waals surface area contributed by atoms with Crippen LogP contribution in [-0.4, -0.2) is 5.71 Å². The van der Waals surface area contributed by atoms with E-state index in [1.54, 1.807) is 0 Å². The third kappa shape index (κ3) is 3.77. The third-order valence-electron chi connectivity index (χ3n) is 5.44. The molecule has 1 aliphatic heterocycles. The van der Waals surface area contributed by atoms with Gasteiger partial charge in [0, 0.05) is 22.7 Å². The molecular formula is C24H23ClFN. The standard InChI is InChI=1S/C24H23ClFN/c1-2-16-6-8-17(9-7-16)18-10-12-19(13-11-18)22-14-15-23(27-22)24-20(25)4-3-5-21(24)26/h4,6-13,22H,2-3,5,14-15H2,1H3/t22-/m1/s1. The van der Waals surface area contributed by atoms with Gasteiger partial charge in [0.25, 0.3) is 0 Å². The Morgan fingerprint density at radius 2 is 1.67 bits per heavy atom. The van der Waals surface area contributed by atoms with Crippen molar-refractivity contribution in [1.29, 1.82) is 0 Å². The lowest BCUT2D eigenvalue weighted by Gasteiger charge is -2.13. The number of hydrogen-bond acceptors (Lipinski definition) is 1. The molecular weight excluding hydrogens is 357 g/mol. The van der Waals surface area contributed by atoms with E-state index in [0.29, 0.717) is 23.4 Å². The highest BCUT2D eigenvalue weighted by Gasteiger charge is 2.26. The fourth-order valence-corrected chi connectivity index (χ4v) is 4.15. The molecule has 0 amide bonds. The van der Waals surface area contributed by atoms with E-state index in [9.17, 15) is 4.39 Å². The maximum Gasteiger partial charge on any atom is 0.111 e. The van der Waals surface area contributed by atoms with Crippen LogP contribution in [-0.2, 0) is 6.42 Å². The van der Waals surface area contributed by atoms with Crippen LogP contribution in [0.4, 0.5) is 4.39 Å². The second kappa shape index (κ2) is 7.82. The van der Waals surface area contributed by atoms with Crippen LogP contribution >= 0.6 is 11.6 Å². The van der Waals surface area contributed by atoms with Crippen molar-refractivity contribution < 1.29 is 4.39 Å². The van der Waals surface area contributed by atoms with Crippen molar-refractivity contribution in [2.24, 2.45) is 4.99 Å². The molecule has 1 atom stereocenters. The lowest BCUT2D eigenvalue weighted by Crippen LogP contribution is -2.05. The average molecular weight is 380 g/mol. The van der Waals surface area contributed by atoms with Crippen LogP contribution in [0.25, 0.3) is 11.1 Å². The monoisotopic (exact) mass is 379 g/mol. The fourth-order valence-electron chi connectivity index (χ4n) is 3.83. The average Bonchev–Trinajstić information content (AvgIpc) is 3.18. The van der Waals surface area contributed by atoms with Gasteiger partial charge in [0.2, 0.25) is 0 Å². The largest absolute Gasteiger partial charge is 0.281 e. The van der Waals surface area contributed by atoms with Gasteiger partial charge in [0.05, 0.1) is 6.04 Å². The SMILES string of the molecule is CCc1ccc(-c2ccc([C@H]3CCC(C4=C(F)CCC=C4Cl)=N3)cc2)cc1. The molecule has 1 nitrogen and oxygen atoms in total. The van der Waals surface area contributed by atoms with Gasteiger partial charge in [-0.3, -0.25) is 4.99 Å². The van der Waals surface area contributed by atoms with E-state index in [1.165, 1.54) is 22.3 Å². The minimum atomic E-state index is -0.118. The van der Waals surface area contributed by atoms with Crippen LogP contribution < -0.4 is 0 Å². The zero-order valence-electron chi connectivity index (χ0n) is 15.5. The highest BCUT2D eigenvalue weighted by Crippen LogP contribution is 2.37. The van der Waals surface area contributed by atoms with E-state index in [0.717, 1.165) is 25.0 Å². The van der Waals surface area contributed by atoms with Gasteiger partial charge in [0.1, 0.15) is 5.83 Å². The smallest absolute Gasteiger partial charge is 0.111 e. The highest BCUT2D eigenvalue weighted by molar-refractivity contribution is 6.36. The summed E-state index contributed by atoms with van der Waals surface area (Å²) in [6, 6.07) is 17.4. The summed E-state index contributed by atoms with van der Waals surface area (Å²) in [5, 5.41) is 0.518. The molecule has 0 saturated heterocycles. The van der Waals surface area contributed by atoms with Gasteiger partial charge >= 0.3 is 0 Å². The minimum absolute atomic E-state index is 0.0863. The summed E-state index contributed by atoms with van der Waals surface area (Å²) in [7, 11) is 0. The molecule has 2 aromatic rings. The number of halogens is 2. The molecule has 4 rings (SSSR count). The molecule has 2 aromatic carbocycles. The molecule has 0 spiro atoms. The number of allylic oxidation sites excluding steroid dienone is 4. The van der Waals surface area contributed by atoms with Gasteiger partial charge < -0.3 is 0 Å². The second-order valence-electron chi connectivity index (χ2n) is 7.17. The first-order valence-corrected chi connectivity index (χ1v) is 10.0. The molecule has 1 aliphatic carbocycles. The van der Waals surface area contributed by atoms with Crippen molar-refractivity contribution in [3.8, 4) is 11.1 Å².